The molecule has 0 aromatic heterocycles. The number of rotatable bonds is 7. The van der Waals surface area contributed by atoms with Gasteiger partial charge in [0.2, 0.25) is 5.91 Å². The van der Waals surface area contributed by atoms with E-state index < -0.39 is 36.1 Å². The molecule has 1 aliphatic rings. The van der Waals surface area contributed by atoms with Gasteiger partial charge in [0.05, 0.1) is 12.4 Å². The van der Waals surface area contributed by atoms with E-state index in [4.69, 9.17) is 17.3 Å². The third kappa shape index (κ3) is 4.58. The van der Waals surface area contributed by atoms with E-state index in [9.17, 15) is 19.5 Å². The normalized spacial score (nSPS) is 16.2. The number of halogens is 1. The highest BCUT2D eigenvalue weighted by Crippen LogP contribution is 2.33. The van der Waals surface area contributed by atoms with Crippen molar-refractivity contribution in [2.45, 2.75) is 44.1 Å². The number of aliphatic carboxylic acids is 1. The topological polar surface area (TPSA) is 101 Å². The Morgan fingerprint density at radius 1 is 1.16 bits per heavy atom. The zero-order valence-electron chi connectivity index (χ0n) is 14.0. The van der Waals surface area contributed by atoms with Crippen LogP contribution in [0, 0.1) is 0 Å². The van der Waals surface area contributed by atoms with Gasteiger partial charge in [-0.1, -0.05) is 31.4 Å². The largest absolute Gasteiger partial charge is 0.479 e. The molecule has 6 nitrogen and oxygen atoms in total. The van der Waals surface area contributed by atoms with Gasteiger partial charge in [0, 0.05) is 5.69 Å². The van der Waals surface area contributed by atoms with Crippen LogP contribution in [-0.2, 0) is 14.4 Å². The Bertz CT molecular complexity index is 626. The molecule has 25 heavy (non-hydrogen) atoms. The molecule has 0 aliphatic heterocycles. The number of hydrogen-bond donors (Lipinski definition) is 2. The molecule has 1 aromatic carbocycles. The van der Waals surface area contributed by atoms with Crippen molar-refractivity contribution in [3.05, 3.63) is 29.8 Å². The van der Waals surface area contributed by atoms with E-state index in [0.29, 0.717) is 11.6 Å². The average molecular weight is 367 g/mol. The maximum atomic E-state index is 12.2. The summed E-state index contributed by atoms with van der Waals surface area (Å²) in [6.07, 6.45) is 5.93. The number of carbonyl (C=O) groups excluding carboxylic acids is 2. The monoisotopic (exact) mass is 366 g/mol. The van der Waals surface area contributed by atoms with Crippen molar-refractivity contribution in [3.63, 3.8) is 0 Å². The Kier molecular flexibility index (Phi) is 6.96. The number of hydrogen-bond acceptors (Lipinski definition) is 4. The second-order valence-electron chi connectivity index (χ2n) is 6.24. The summed E-state index contributed by atoms with van der Waals surface area (Å²) in [4.78, 5) is 36.6. The molecular formula is C18H23ClN2O4. The van der Waals surface area contributed by atoms with Gasteiger partial charge in [-0.2, -0.15) is 0 Å². The van der Waals surface area contributed by atoms with Crippen LogP contribution in [0.5, 0.6) is 0 Å². The zero-order chi connectivity index (χ0) is 18.4. The minimum absolute atomic E-state index is 0.334. The fraction of sp³-hybridized carbons (Fsp3) is 0.500. The first kappa shape index (κ1) is 19.4. The quantitative estimate of drug-likeness (QED) is 0.569. The number of nitrogens with zero attached hydrogens (tertiary/aromatic N) is 1. The standard InChI is InChI=1S/C18H23ClN2O4/c19-10-15(22)17(18(24)25)21(16(23)11-20)14-8-6-13(7-9-14)12-4-2-1-3-5-12/h6-9,12,17H,1-5,10-11,20H2,(H,24,25). The van der Waals surface area contributed by atoms with Crippen molar-refractivity contribution in [2.75, 3.05) is 17.3 Å². The van der Waals surface area contributed by atoms with Crippen LogP contribution in [0.4, 0.5) is 5.69 Å². The van der Waals surface area contributed by atoms with Gasteiger partial charge < -0.3 is 10.8 Å². The molecule has 3 N–H and O–H groups in total. The summed E-state index contributed by atoms with van der Waals surface area (Å²) in [6, 6.07) is 5.47. The third-order valence-electron chi connectivity index (χ3n) is 4.62. The lowest BCUT2D eigenvalue weighted by Crippen LogP contribution is -2.52. The molecule has 0 spiro atoms. The third-order valence-corrected chi connectivity index (χ3v) is 4.88. The molecule has 1 fully saturated rings. The number of benzene rings is 1. The molecular weight excluding hydrogens is 344 g/mol. The van der Waals surface area contributed by atoms with Crippen LogP contribution >= 0.6 is 11.6 Å². The second-order valence-corrected chi connectivity index (χ2v) is 6.50. The highest BCUT2D eigenvalue weighted by atomic mass is 35.5. The maximum Gasteiger partial charge on any atom is 0.334 e. The van der Waals surface area contributed by atoms with E-state index in [-0.39, 0.29) is 0 Å². The first-order valence-electron chi connectivity index (χ1n) is 8.43. The molecule has 1 amide bonds. The average Bonchev–Trinajstić information content (AvgIpc) is 2.65. The molecule has 1 saturated carbocycles. The van der Waals surface area contributed by atoms with Gasteiger partial charge in [-0.05, 0) is 36.5 Å². The van der Waals surface area contributed by atoms with E-state index in [2.05, 4.69) is 0 Å². The molecule has 0 bridgehead atoms. The lowest BCUT2D eigenvalue weighted by Gasteiger charge is -2.28. The summed E-state index contributed by atoms with van der Waals surface area (Å²) in [7, 11) is 0. The number of Topliss-reactive ketones (excluding diaryl/α,β-unsaturated/α-hetero) is 1. The molecule has 1 aromatic rings. The number of amides is 1. The van der Waals surface area contributed by atoms with Gasteiger partial charge in [0.15, 0.2) is 11.8 Å². The minimum atomic E-state index is -1.67. The lowest BCUT2D eigenvalue weighted by atomic mass is 9.84. The van der Waals surface area contributed by atoms with E-state index in [1.54, 1.807) is 12.1 Å². The zero-order valence-corrected chi connectivity index (χ0v) is 14.7. The van der Waals surface area contributed by atoms with Crippen molar-refractivity contribution < 1.29 is 19.5 Å². The summed E-state index contributed by atoms with van der Waals surface area (Å²) in [5.41, 5.74) is 6.91. The molecule has 1 atom stereocenters. The molecule has 0 radical (unpaired) electrons. The summed E-state index contributed by atoms with van der Waals surface area (Å²) in [5.74, 6) is -2.83. The van der Waals surface area contributed by atoms with Gasteiger partial charge >= 0.3 is 5.97 Å². The van der Waals surface area contributed by atoms with Crippen molar-refractivity contribution >= 4 is 34.9 Å². The predicted molar refractivity (Wildman–Crippen MR) is 96.0 cm³/mol. The molecule has 0 saturated heterocycles. The Morgan fingerprint density at radius 3 is 2.24 bits per heavy atom. The molecule has 1 unspecified atom stereocenters. The van der Waals surface area contributed by atoms with Crippen LogP contribution in [0.1, 0.15) is 43.6 Å². The van der Waals surface area contributed by atoms with Crippen LogP contribution in [-0.4, -0.2) is 41.2 Å². The highest BCUT2D eigenvalue weighted by Gasteiger charge is 2.36. The van der Waals surface area contributed by atoms with Crippen LogP contribution in [0.25, 0.3) is 0 Å². The van der Waals surface area contributed by atoms with Gasteiger partial charge in [0.25, 0.3) is 0 Å². The Labute approximate surface area is 151 Å². The Hall–Kier alpha value is -1.92. The van der Waals surface area contributed by atoms with Gasteiger partial charge in [-0.3, -0.25) is 14.5 Å². The molecule has 136 valence electrons. The van der Waals surface area contributed by atoms with E-state index >= 15 is 0 Å². The van der Waals surface area contributed by atoms with Crippen molar-refractivity contribution in [1.29, 1.82) is 0 Å². The van der Waals surface area contributed by atoms with Crippen molar-refractivity contribution in [3.8, 4) is 0 Å². The number of carboxylic acids is 1. The fourth-order valence-electron chi connectivity index (χ4n) is 3.34. The van der Waals surface area contributed by atoms with E-state index in [0.717, 1.165) is 17.7 Å². The summed E-state index contributed by atoms with van der Waals surface area (Å²) < 4.78 is 0. The number of nitrogens with two attached hydrogens (primary N) is 1. The van der Waals surface area contributed by atoms with Crippen LogP contribution < -0.4 is 10.6 Å². The number of carboxylic acid groups (broad SMARTS) is 1. The Morgan fingerprint density at radius 2 is 1.76 bits per heavy atom. The van der Waals surface area contributed by atoms with Gasteiger partial charge in [-0.15, -0.1) is 11.6 Å². The van der Waals surface area contributed by atoms with Crippen LogP contribution in [0.3, 0.4) is 0 Å². The number of ketones is 1. The first-order chi connectivity index (χ1) is 12.0. The Balaban J connectivity index is 2.32. The first-order valence-corrected chi connectivity index (χ1v) is 8.96. The smallest absolute Gasteiger partial charge is 0.334 e. The number of anilines is 1. The minimum Gasteiger partial charge on any atom is -0.479 e. The predicted octanol–water partition coefficient (Wildman–Crippen LogP) is 2.29. The molecule has 7 heteroatoms. The van der Waals surface area contributed by atoms with Crippen molar-refractivity contribution in [1.82, 2.24) is 0 Å². The summed E-state index contributed by atoms with van der Waals surface area (Å²) >= 11 is 5.51. The molecule has 1 aliphatic carbocycles. The van der Waals surface area contributed by atoms with Gasteiger partial charge in [0.1, 0.15) is 0 Å². The SMILES string of the molecule is NCC(=O)N(c1ccc(C2CCCCC2)cc1)C(C(=O)O)C(=O)CCl. The van der Waals surface area contributed by atoms with Crippen LogP contribution in [0.2, 0.25) is 0 Å². The lowest BCUT2D eigenvalue weighted by molar-refractivity contribution is -0.143. The summed E-state index contributed by atoms with van der Waals surface area (Å²) in [6.45, 7) is -0.399. The van der Waals surface area contributed by atoms with Gasteiger partial charge in [-0.25, -0.2) is 4.79 Å². The second kappa shape index (κ2) is 8.97. The van der Waals surface area contributed by atoms with E-state index in [1.165, 1.54) is 24.8 Å². The van der Waals surface area contributed by atoms with Crippen molar-refractivity contribution in [2.24, 2.45) is 5.73 Å². The highest BCUT2D eigenvalue weighted by molar-refractivity contribution is 6.31. The molecule has 2 rings (SSSR count). The maximum absolute atomic E-state index is 12.2. The molecule has 0 heterocycles. The summed E-state index contributed by atoms with van der Waals surface area (Å²) in [5, 5.41) is 9.40. The fourth-order valence-corrected chi connectivity index (χ4v) is 3.49. The van der Waals surface area contributed by atoms with Crippen LogP contribution in [0.15, 0.2) is 24.3 Å². The number of alkyl halides is 1. The van der Waals surface area contributed by atoms with E-state index in [1.807, 2.05) is 12.1 Å². The number of carbonyl (C=O) groups is 3.